The van der Waals surface area contributed by atoms with Gasteiger partial charge in [-0.3, -0.25) is 0 Å². The largest absolute Gasteiger partial charge is 0.476 e. The average Bonchev–Trinajstić information content (AvgIpc) is 3.21. The third-order valence-corrected chi connectivity index (χ3v) is 3.83. The minimum Gasteiger partial charge on any atom is -0.476 e. The number of pyridine rings is 1. The molecule has 4 rings (SSSR count). The van der Waals surface area contributed by atoms with Gasteiger partial charge in [-0.2, -0.15) is 5.10 Å². The Morgan fingerprint density at radius 3 is 2.62 bits per heavy atom. The van der Waals surface area contributed by atoms with E-state index in [9.17, 15) is 9.18 Å². The number of halogens is 1. The van der Waals surface area contributed by atoms with Gasteiger partial charge in [-0.1, -0.05) is 18.2 Å². The second kappa shape index (κ2) is 5.34. The molecule has 5 nitrogen and oxygen atoms in total. The van der Waals surface area contributed by atoms with Crippen LogP contribution in [-0.2, 0) is 0 Å². The van der Waals surface area contributed by atoms with Crippen LogP contribution in [0.2, 0.25) is 0 Å². The standard InChI is InChI=1S/C18H12FN3O2/c19-14-3-1-2-12(10-14)13-4-5-15-6-7-17(21(15)11-13)22-9-8-16(20-22)18(23)24/h1-11H,(H,23,24). The Morgan fingerprint density at radius 1 is 1.04 bits per heavy atom. The van der Waals surface area contributed by atoms with Crippen LogP contribution < -0.4 is 0 Å². The molecule has 4 aromatic rings. The lowest BCUT2D eigenvalue weighted by Gasteiger charge is -2.07. The van der Waals surface area contributed by atoms with Gasteiger partial charge in [0.25, 0.3) is 0 Å². The van der Waals surface area contributed by atoms with E-state index in [1.165, 1.54) is 22.9 Å². The van der Waals surface area contributed by atoms with E-state index in [2.05, 4.69) is 5.10 Å². The number of hydrogen-bond acceptors (Lipinski definition) is 2. The number of nitrogens with zero attached hydrogens (tertiary/aromatic N) is 3. The lowest BCUT2D eigenvalue weighted by molar-refractivity contribution is 0.0690. The van der Waals surface area contributed by atoms with Crippen LogP contribution in [-0.4, -0.2) is 25.3 Å². The molecule has 0 aliphatic rings. The molecule has 0 aliphatic carbocycles. The fourth-order valence-corrected chi connectivity index (χ4v) is 2.68. The maximum absolute atomic E-state index is 13.5. The molecule has 0 amide bonds. The number of carbonyl (C=O) groups is 1. The Labute approximate surface area is 136 Å². The lowest BCUT2D eigenvalue weighted by Crippen LogP contribution is -2.03. The molecule has 1 N–H and O–H groups in total. The van der Waals surface area contributed by atoms with Crippen LogP contribution in [0.25, 0.3) is 22.5 Å². The molecule has 3 heterocycles. The average molecular weight is 321 g/mol. The van der Waals surface area contributed by atoms with Gasteiger partial charge in [0.15, 0.2) is 5.69 Å². The molecule has 1 aromatic carbocycles. The Bertz CT molecular complexity index is 1070. The predicted molar refractivity (Wildman–Crippen MR) is 86.9 cm³/mol. The summed E-state index contributed by atoms with van der Waals surface area (Å²) in [6.07, 6.45) is 3.47. The highest BCUT2D eigenvalue weighted by atomic mass is 19.1. The monoisotopic (exact) mass is 321 g/mol. The molecular weight excluding hydrogens is 309 g/mol. The van der Waals surface area contributed by atoms with Crippen LogP contribution in [0, 0.1) is 5.82 Å². The van der Waals surface area contributed by atoms with E-state index in [-0.39, 0.29) is 11.5 Å². The van der Waals surface area contributed by atoms with Crippen molar-refractivity contribution in [3.8, 4) is 16.9 Å². The molecule has 118 valence electrons. The highest BCUT2D eigenvalue weighted by Gasteiger charge is 2.11. The predicted octanol–water partition coefficient (Wildman–Crippen LogP) is 3.63. The van der Waals surface area contributed by atoms with E-state index >= 15 is 0 Å². The van der Waals surface area contributed by atoms with E-state index in [0.717, 1.165) is 16.6 Å². The lowest BCUT2D eigenvalue weighted by atomic mass is 10.1. The normalized spacial score (nSPS) is 11.0. The molecule has 24 heavy (non-hydrogen) atoms. The van der Waals surface area contributed by atoms with Crippen LogP contribution in [0.15, 0.2) is 67.0 Å². The van der Waals surface area contributed by atoms with E-state index in [1.54, 1.807) is 12.3 Å². The van der Waals surface area contributed by atoms with Crippen LogP contribution >= 0.6 is 0 Å². The second-order valence-corrected chi connectivity index (χ2v) is 5.37. The molecule has 0 spiro atoms. The Balaban J connectivity index is 1.85. The molecule has 0 saturated heterocycles. The summed E-state index contributed by atoms with van der Waals surface area (Å²) in [5.74, 6) is -0.663. The van der Waals surface area contributed by atoms with Crippen molar-refractivity contribution in [2.45, 2.75) is 0 Å². The first kappa shape index (κ1) is 14.2. The van der Waals surface area contributed by atoms with Crippen LogP contribution in [0.1, 0.15) is 10.5 Å². The van der Waals surface area contributed by atoms with Crippen molar-refractivity contribution in [2.75, 3.05) is 0 Å². The smallest absolute Gasteiger partial charge is 0.356 e. The SMILES string of the molecule is O=C(O)c1ccn(-c2ccc3ccc(-c4cccc(F)c4)cn23)n1. The maximum Gasteiger partial charge on any atom is 0.356 e. The summed E-state index contributed by atoms with van der Waals surface area (Å²) in [4.78, 5) is 11.0. The number of aromatic nitrogens is 3. The van der Waals surface area contributed by atoms with Gasteiger partial charge < -0.3 is 9.51 Å². The minimum atomic E-state index is -1.07. The van der Waals surface area contributed by atoms with Gasteiger partial charge in [-0.25, -0.2) is 13.9 Å². The van der Waals surface area contributed by atoms with Gasteiger partial charge in [0.2, 0.25) is 0 Å². The van der Waals surface area contributed by atoms with E-state index in [0.29, 0.717) is 5.82 Å². The van der Waals surface area contributed by atoms with Gasteiger partial charge >= 0.3 is 5.97 Å². The number of fused-ring (bicyclic) bond motifs is 1. The molecule has 0 unspecified atom stereocenters. The zero-order valence-electron chi connectivity index (χ0n) is 12.4. The summed E-state index contributed by atoms with van der Waals surface area (Å²) >= 11 is 0. The maximum atomic E-state index is 13.5. The summed E-state index contributed by atoms with van der Waals surface area (Å²) in [5.41, 5.74) is 2.53. The van der Waals surface area contributed by atoms with Gasteiger partial charge in [-0.15, -0.1) is 0 Å². The van der Waals surface area contributed by atoms with Gasteiger partial charge in [0.1, 0.15) is 11.6 Å². The zero-order chi connectivity index (χ0) is 16.7. The number of benzene rings is 1. The van der Waals surface area contributed by atoms with E-state index in [1.807, 2.05) is 40.9 Å². The first-order chi connectivity index (χ1) is 11.6. The van der Waals surface area contributed by atoms with Crippen LogP contribution in [0.4, 0.5) is 4.39 Å². The quantitative estimate of drug-likeness (QED) is 0.627. The first-order valence-corrected chi connectivity index (χ1v) is 7.28. The number of hydrogen-bond donors (Lipinski definition) is 1. The minimum absolute atomic E-state index is 0.0220. The molecule has 0 fully saturated rings. The Hall–Kier alpha value is -3.41. The van der Waals surface area contributed by atoms with Crippen molar-refractivity contribution >= 4 is 11.5 Å². The van der Waals surface area contributed by atoms with Crippen molar-refractivity contribution < 1.29 is 14.3 Å². The Morgan fingerprint density at radius 2 is 1.88 bits per heavy atom. The molecule has 3 aromatic heterocycles. The summed E-state index contributed by atoms with van der Waals surface area (Å²) in [6.45, 7) is 0. The molecule has 0 radical (unpaired) electrons. The summed E-state index contributed by atoms with van der Waals surface area (Å²) < 4.78 is 16.8. The highest BCUT2D eigenvalue weighted by molar-refractivity contribution is 5.85. The zero-order valence-corrected chi connectivity index (χ0v) is 12.4. The van der Waals surface area contributed by atoms with Crippen molar-refractivity contribution in [3.05, 3.63) is 78.5 Å². The van der Waals surface area contributed by atoms with Crippen molar-refractivity contribution in [1.29, 1.82) is 0 Å². The van der Waals surface area contributed by atoms with Crippen molar-refractivity contribution in [1.82, 2.24) is 14.2 Å². The number of rotatable bonds is 3. The summed E-state index contributed by atoms with van der Waals surface area (Å²) in [6, 6.07) is 15.4. The summed E-state index contributed by atoms with van der Waals surface area (Å²) in [5, 5.41) is 13.1. The molecular formula is C18H12FN3O2. The second-order valence-electron chi connectivity index (χ2n) is 5.37. The third kappa shape index (κ3) is 2.34. The van der Waals surface area contributed by atoms with Gasteiger partial charge in [-0.05, 0) is 47.5 Å². The van der Waals surface area contributed by atoms with Gasteiger partial charge in [0.05, 0.1) is 0 Å². The van der Waals surface area contributed by atoms with E-state index < -0.39 is 5.97 Å². The topological polar surface area (TPSA) is 59.5 Å². The van der Waals surface area contributed by atoms with E-state index in [4.69, 9.17) is 5.11 Å². The van der Waals surface area contributed by atoms with Crippen LogP contribution in [0.5, 0.6) is 0 Å². The molecule has 0 saturated carbocycles. The molecule has 0 atom stereocenters. The first-order valence-electron chi connectivity index (χ1n) is 7.28. The van der Waals surface area contributed by atoms with Crippen LogP contribution in [0.3, 0.4) is 0 Å². The number of carboxylic acids is 1. The Kier molecular flexibility index (Phi) is 3.16. The highest BCUT2D eigenvalue weighted by Crippen LogP contribution is 2.23. The molecule has 0 bridgehead atoms. The number of aromatic carboxylic acids is 1. The molecule has 0 aliphatic heterocycles. The third-order valence-electron chi connectivity index (χ3n) is 3.83. The fourth-order valence-electron chi connectivity index (χ4n) is 2.68. The number of carboxylic acid groups (broad SMARTS) is 1. The van der Waals surface area contributed by atoms with Crippen molar-refractivity contribution in [3.63, 3.8) is 0 Å². The fraction of sp³-hybridized carbons (Fsp3) is 0. The van der Waals surface area contributed by atoms with Gasteiger partial charge in [0, 0.05) is 17.9 Å². The molecule has 6 heteroatoms. The van der Waals surface area contributed by atoms with Crippen molar-refractivity contribution in [2.24, 2.45) is 0 Å². The summed E-state index contributed by atoms with van der Waals surface area (Å²) in [7, 11) is 0.